The van der Waals surface area contributed by atoms with E-state index in [1.807, 2.05) is 0 Å². The molecule has 2 rings (SSSR count). The average Bonchev–Trinajstić information content (AvgIpc) is 2.41. The number of ether oxygens (including phenoxy) is 1. The molecule has 1 saturated heterocycles. The number of carbonyl (C=O) groups is 1. The fourth-order valence-electron chi connectivity index (χ4n) is 2.52. The minimum absolute atomic E-state index is 0.0229. The van der Waals surface area contributed by atoms with Gasteiger partial charge in [-0.3, -0.25) is 4.79 Å². The lowest BCUT2D eigenvalue weighted by molar-refractivity contribution is -0.140. The molecule has 0 aromatic carbocycles. The minimum atomic E-state index is -0.0229. The Kier molecular flexibility index (Phi) is 1.94. The Morgan fingerprint density at radius 1 is 1.62 bits per heavy atom. The van der Waals surface area contributed by atoms with E-state index in [0.29, 0.717) is 12.3 Å². The molecular formula is C11H16O2. The second kappa shape index (κ2) is 2.86. The van der Waals surface area contributed by atoms with Crippen molar-refractivity contribution in [2.24, 2.45) is 11.3 Å². The summed E-state index contributed by atoms with van der Waals surface area (Å²) in [6.07, 6.45) is 7.04. The highest BCUT2D eigenvalue weighted by atomic mass is 16.6. The maximum atomic E-state index is 11.3. The van der Waals surface area contributed by atoms with Gasteiger partial charge in [-0.25, -0.2) is 0 Å². The summed E-state index contributed by atoms with van der Waals surface area (Å²) in [5.41, 5.74) is 0.103. The number of carbonyl (C=O) groups excluding carboxylic acids is 1. The Morgan fingerprint density at radius 3 is 3.00 bits per heavy atom. The number of hydrogen-bond acceptors (Lipinski definition) is 2. The smallest absolute Gasteiger partial charge is 0.307 e. The van der Waals surface area contributed by atoms with Crippen LogP contribution in [0.25, 0.3) is 0 Å². The van der Waals surface area contributed by atoms with E-state index in [0.717, 1.165) is 12.8 Å². The van der Waals surface area contributed by atoms with Gasteiger partial charge in [-0.15, -0.1) is 0 Å². The predicted molar refractivity (Wildman–Crippen MR) is 50.1 cm³/mol. The van der Waals surface area contributed by atoms with Crippen molar-refractivity contribution in [2.75, 3.05) is 0 Å². The van der Waals surface area contributed by atoms with Gasteiger partial charge in [0.2, 0.25) is 0 Å². The first-order valence-electron chi connectivity index (χ1n) is 5.01. The van der Waals surface area contributed by atoms with Gasteiger partial charge in [0.15, 0.2) is 0 Å². The molecule has 0 bridgehead atoms. The van der Waals surface area contributed by atoms with Crippen LogP contribution in [0.4, 0.5) is 0 Å². The lowest BCUT2D eigenvalue weighted by atomic mass is 9.67. The van der Waals surface area contributed by atoms with Crippen molar-refractivity contribution in [3.8, 4) is 0 Å². The summed E-state index contributed by atoms with van der Waals surface area (Å²) in [5, 5.41) is 0. The Bertz CT molecular complexity index is 255. The van der Waals surface area contributed by atoms with E-state index in [4.69, 9.17) is 4.74 Å². The van der Waals surface area contributed by atoms with Gasteiger partial charge < -0.3 is 4.74 Å². The highest BCUT2D eigenvalue weighted by Crippen LogP contribution is 2.48. The molecule has 2 nitrogen and oxygen atoms in total. The van der Waals surface area contributed by atoms with Crippen molar-refractivity contribution in [1.82, 2.24) is 0 Å². The van der Waals surface area contributed by atoms with E-state index in [-0.39, 0.29) is 17.5 Å². The Balaban J connectivity index is 2.32. The maximum absolute atomic E-state index is 11.3. The van der Waals surface area contributed by atoms with Crippen LogP contribution in [-0.2, 0) is 9.53 Å². The van der Waals surface area contributed by atoms with Crippen LogP contribution in [0.15, 0.2) is 12.2 Å². The van der Waals surface area contributed by atoms with Crippen molar-refractivity contribution < 1.29 is 9.53 Å². The molecule has 0 saturated carbocycles. The Labute approximate surface area is 79.0 Å². The van der Waals surface area contributed by atoms with Crippen LogP contribution in [-0.4, -0.2) is 12.1 Å². The van der Waals surface area contributed by atoms with Crippen molar-refractivity contribution in [3.63, 3.8) is 0 Å². The van der Waals surface area contributed by atoms with Gasteiger partial charge in [0.1, 0.15) is 6.10 Å². The zero-order chi connectivity index (χ0) is 9.47. The molecule has 1 aliphatic heterocycles. The van der Waals surface area contributed by atoms with Crippen LogP contribution in [0.1, 0.15) is 33.1 Å². The lowest BCUT2D eigenvalue weighted by Crippen LogP contribution is -2.36. The zero-order valence-electron chi connectivity index (χ0n) is 8.25. The van der Waals surface area contributed by atoms with Gasteiger partial charge >= 0.3 is 5.97 Å². The minimum Gasteiger partial charge on any atom is -0.457 e. The fourth-order valence-corrected chi connectivity index (χ4v) is 2.52. The molecule has 0 aromatic rings. The third-order valence-corrected chi connectivity index (χ3v) is 3.54. The Hall–Kier alpha value is -0.790. The SMILES string of the molecule is CC(C)[C@@]12CCC=C[C@@H]1OC(=O)C2. The molecule has 2 heteroatoms. The number of esters is 1. The van der Waals surface area contributed by atoms with E-state index >= 15 is 0 Å². The zero-order valence-corrected chi connectivity index (χ0v) is 8.25. The third kappa shape index (κ3) is 1.19. The van der Waals surface area contributed by atoms with Gasteiger partial charge in [-0.05, 0) is 24.8 Å². The molecule has 0 N–H and O–H groups in total. The first-order chi connectivity index (χ1) is 6.15. The van der Waals surface area contributed by atoms with Crippen LogP contribution in [0, 0.1) is 11.3 Å². The molecule has 0 unspecified atom stereocenters. The van der Waals surface area contributed by atoms with Gasteiger partial charge in [0, 0.05) is 5.41 Å². The van der Waals surface area contributed by atoms with Crippen molar-refractivity contribution in [1.29, 1.82) is 0 Å². The second-order valence-corrected chi connectivity index (χ2v) is 4.44. The van der Waals surface area contributed by atoms with Gasteiger partial charge in [0.25, 0.3) is 0 Å². The normalized spacial score (nSPS) is 37.8. The number of rotatable bonds is 1. The fraction of sp³-hybridized carbons (Fsp3) is 0.727. The molecule has 0 spiro atoms. The molecule has 13 heavy (non-hydrogen) atoms. The topological polar surface area (TPSA) is 26.3 Å². The standard InChI is InChI=1S/C11H16O2/c1-8(2)11-6-4-3-5-9(11)13-10(12)7-11/h3,5,8-9H,4,6-7H2,1-2H3/t9-,11-/m0/s1. The van der Waals surface area contributed by atoms with Crippen LogP contribution in [0.2, 0.25) is 0 Å². The van der Waals surface area contributed by atoms with Crippen molar-refractivity contribution in [3.05, 3.63) is 12.2 Å². The molecule has 0 aromatic heterocycles. The van der Waals surface area contributed by atoms with Gasteiger partial charge in [-0.2, -0.15) is 0 Å². The summed E-state index contributed by atoms with van der Waals surface area (Å²) in [6, 6.07) is 0. The quantitative estimate of drug-likeness (QED) is 0.457. The summed E-state index contributed by atoms with van der Waals surface area (Å²) < 4.78 is 5.30. The summed E-state index contributed by atoms with van der Waals surface area (Å²) in [4.78, 5) is 11.3. The largest absolute Gasteiger partial charge is 0.457 e. The highest BCUT2D eigenvalue weighted by Gasteiger charge is 2.50. The molecule has 2 aliphatic rings. The van der Waals surface area contributed by atoms with Crippen LogP contribution < -0.4 is 0 Å². The van der Waals surface area contributed by atoms with Crippen molar-refractivity contribution in [2.45, 2.75) is 39.2 Å². The molecule has 0 radical (unpaired) electrons. The van der Waals surface area contributed by atoms with E-state index in [1.54, 1.807) is 0 Å². The molecule has 0 amide bonds. The summed E-state index contributed by atoms with van der Waals surface area (Å²) in [5.74, 6) is 0.499. The monoisotopic (exact) mass is 180 g/mol. The summed E-state index contributed by atoms with van der Waals surface area (Å²) in [6.45, 7) is 4.38. The van der Waals surface area contributed by atoms with Crippen LogP contribution >= 0.6 is 0 Å². The van der Waals surface area contributed by atoms with Crippen LogP contribution in [0.3, 0.4) is 0 Å². The average molecular weight is 180 g/mol. The molecule has 2 atom stereocenters. The summed E-state index contributed by atoms with van der Waals surface area (Å²) >= 11 is 0. The van der Waals surface area contributed by atoms with E-state index < -0.39 is 0 Å². The molecule has 1 aliphatic carbocycles. The number of allylic oxidation sites excluding steroid dienone is 1. The first-order valence-corrected chi connectivity index (χ1v) is 5.01. The molecule has 1 fully saturated rings. The summed E-state index contributed by atoms with van der Waals surface area (Å²) in [7, 11) is 0. The Morgan fingerprint density at radius 2 is 2.38 bits per heavy atom. The molecule has 1 heterocycles. The third-order valence-electron chi connectivity index (χ3n) is 3.54. The van der Waals surface area contributed by atoms with E-state index in [1.165, 1.54) is 0 Å². The van der Waals surface area contributed by atoms with E-state index in [2.05, 4.69) is 26.0 Å². The number of hydrogen-bond donors (Lipinski definition) is 0. The lowest BCUT2D eigenvalue weighted by Gasteiger charge is -2.37. The second-order valence-electron chi connectivity index (χ2n) is 4.44. The van der Waals surface area contributed by atoms with Crippen LogP contribution in [0.5, 0.6) is 0 Å². The predicted octanol–water partition coefficient (Wildman–Crippen LogP) is 2.29. The van der Waals surface area contributed by atoms with Gasteiger partial charge in [0.05, 0.1) is 6.42 Å². The highest BCUT2D eigenvalue weighted by molar-refractivity contribution is 5.73. The number of fused-ring (bicyclic) bond motifs is 1. The van der Waals surface area contributed by atoms with Gasteiger partial charge in [-0.1, -0.05) is 19.9 Å². The molecular weight excluding hydrogens is 164 g/mol. The maximum Gasteiger partial charge on any atom is 0.307 e. The van der Waals surface area contributed by atoms with Crippen molar-refractivity contribution >= 4 is 5.97 Å². The van der Waals surface area contributed by atoms with E-state index in [9.17, 15) is 4.79 Å². The first kappa shape index (κ1) is 8.79. The molecule has 72 valence electrons.